The lowest BCUT2D eigenvalue weighted by atomic mass is 10.0. The van der Waals surface area contributed by atoms with Crippen molar-refractivity contribution in [1.82, 2.24) is 4.98 Å². The van der Waals surface area contributed by atoms with E-state index in [9.17, 15) is 17.6 Å². The molecule has 1 aromatic carbocycles. The highest BCUT2D eigenvalue weighted by molar-refractivity contribution is 6.20. The average Bonchev–Trinajstić information content (AvgIpc) is 2.40. The van der Waals surface area contributed by atoms with E-state index in [4.69, 9.17) is 11.6 Å². The third-order valence-corrected chi connectivity index (χ3v) is 3.41. The van der Waals surface area contributed by atoms with Crippen LogP contribution >= 0.6 is 11.6 Å². The molecule has 0 aliphatic heterocycles. The van der Waals surface area contributed by atoms with Crippen LogP contribution in [0.25, 0.3) is 0 Å². The highest BCUT2D eigenvalue weighted by atomic mass is 35.5. The van der Waals surface area contributed by atoms with Gasteiger partial charge in [-0.15, -0.1) is 11.6 Å². The lowest BCUT2D eigenvalue weighted by molar-refractivity contribution is -0.137. The number of nitrogens with zero attached hydrogens (tertiary/aromatic N) is 1. The van der Waals surface area contributed by atoms with Crippen LogP contribution < -0.4 is 0 Å². The predicted octanol–water partition coefficient (Wildman–Crippen LogP) is 5.07. The molecular weight excluding hydrogens is 306 g/mol. The monoisotopic (exact) mass is 317 g/mol. The Balaban J connectivity index is 2.26. The Kier molecular flexibility index (Phi) is 4.52. The van der Waals surface area contributed by atoms with E-state index in [0.29, 0.717) is 11.8 Å². The number of halogens is 5. The van der Waals surface area contributed by atoms with Crippen LogP contribution in [-0.2, 0) is 12.6 Å². The first kappa shape index (κ1) is 15.8. The second-order valence-corrected chi connectivity index (χ2v) is 5.26. The molecule has 21 heavy (non-hydrogen) atoms. The zero-order valence-electron chi connectivity index (χ0n) is 11.1. The molecule has 0 fully saturated rings. The summed E-state index contributed by atoms with van der Waals surface area (Å²) in [7, 11) is 0. The fourth-order valence-electron chi connectivity index (χ4n) is 1.87. The number of hydrogen-bond acceptors (Lipinski definition) is 1. The summed E-state index contributed by atoms with van der Waals surface area (Å²) in [5.41, 5.74) is 0.461. The van der Waals surface area contributed by atoms with Crippen LogP contribution in [0.3, 0.4) is 0 Å². The smallest absolute Gasteiger partial charge is 0.261 e. The zero-order valence-corrected chi connectivity index (χ0v) is 11.8. The number of benzene rings is 1. The van der Waals surface area contributed by atoms with E-state index in [1.807, 2.05) is 13.0 Å². The molecule has 2 rings (SSSR count). The molecule has 1 heterocycles. The van der Waals surface area contributed by atoms with E-state index in [1.165, 1.54) is 0 Å². The molecule has 0 saturated heterocycles. The maximum Gasteiger partial charge on any atom is 0.416 e. The van der Waals surface area contributed by atoms with E-state index in [1.54, 1.807) is 12.3 Å². The molecule has 112 valence electrons. The van der Waals surface area contributed by atoms with Gasteiger partial charge in [-0.25, -0.2) is 4.39 Å². The van der Waals surface area contributed by atoms with E-state index in [2.05, 4.69) is 4.98 Å². The second-order valence-electron chi connectivity index (χ2n) is 4.73. The number of aryl methyl sites for hydroxylation is 1. The van der Waals surface area contributed by atoms with Crippen molar-refractivity contribution in [2.45, 2.75) is 24.9 Å². The van der Waals surface area contributed by atoms with Gasteiger partial charge in [-0.05, 0) is 36.8 Å². The SMILES string of the molecule is Cc1ccc(CC(Cl)c2cc(C(F)(F)F)ccc2F)nc1. The maximum atomic E-state index is 13.7. The summed E-state index contributed by atoms with van der Waals surface area (Å²) in [6.07, 6.45) is -2.75. The zero-order chi connectivity index (χ0) is 15.6. The molecule has 2 aromatic rings. The van der Waals surface area contributed by atoms with E-state index in [-0.39, 0.29) is 12.0 Å². The van der Waals surface area contributed by atoms with Crippen molar-refractivity contribution >= 4 is 11.6 Å². The standard InChI is InChI=1S/C15H12ClF4N/c1-9-2-4-11(21-8-9)7-13(16)12-6-10(15(18,19)20)3-5-14(12)17/h2-6,8,13H,7H2,1H3. The molecule has 0 aliphatic rings. The lowest BCUT2D eigenvalue weighted by Crippen LogP contribution is -2.08. The molecule has 0 bridgehead atoms. The van der Waals surface area contributed by atoms with Crippen molar-refractivity contribution in [1.29, 1.82) is 0 Å². The van der Waals surface area contributed by atoms with E-state index < -0.39 is 22.9 Å². The molecule has 0 aliphatic carbocycles. The number of hydrogen-bond donors (Lipinski definition) is 0. The topological polar surface area (TPSA) is 12.9 Å². The predicted molar refractivity (Wildman–Crippen MR) is 72.7 cm³/mol. The molecule has 1 atom stereocenters. The molecule has 1 aromatic heterocycles. The van der Waals surface area contributed by atoms with Crippen molar-refractivity contribution in [2.75, 3.05) is 0 Å². The Morgan fingerprint density at radius 3 is 2.48 bits per heavy atom. The Morgan fingerprint density at radius 2 is 1.90 bits per heavy atom. The second kappa shape index (κ2) is 6.02. The van der Waals surface area contributed by atoms with Crippen molar-refractivity contribution in [2.24, 2.45) is 0 Å². The molecule has 0 radical (unpaired) electrons. The Morgan fingerprint density at radius 1 is 1.19 bits per heavy atom. The summed E-state index contributed by atoms with van der Waals surface area (Å²) < 4.78 is 51.7. The first-order valence-electron chi connectivity index (χ1n) is 6.19. The Bertz CT molecular complexity index is 623. The fraction of sp³-hybridized carbons (Fsp3) is 0.267. The highest BCUT2D eigenvalue weighted by Crippen LogP contribution is 2.34. The van der Waals surface area contributed by atoms with Gasteiger partial charge in [0.05, 0.1) is 10.9 Å². The number of rotatable bonds is 3. The average molecular weight is 318 g/mol. The van der Waals surface area contributed by atoms with Crippen LogP contribution in [0.4, 0.5) is 17.6 Å². The van der Waals surface area contributed by atoms with Crippen LogP contribution in [0.5, 0.6) is 0 Å². The summed E-state index contributed by atoms with van der Waals surface area (Å²) in [5.74, 6) is -0.755. The van der Waals surface area contributed by atoms with Gasteiger partial charge >= 0.3 is 6.18 Å². The van der Waals surface area contributed by atoms with Gasteiger partial charge in [-0.3, -0.25) is 4.98 Å². The molecule has 6 heteroatoms. The molecular formula is C15H12ClF4N. The third-order valence-electron chi connectivity index (χ3n) is 3.02. The van der Waals surface area contributed by atoms with Gasteiger partial charge in [0.15, 0.2) is 0 Å². The first-order valence-corrected chi connectivity index (χ1v) is 6.63. The minimum Gasteiger partial charge on any atom is -0.261 e. The first-order chi connectivity index (χ1) is 9.77. The van der Waals surface area contributed by atoms with Crippen LogP contribution in [0.2, 0.25) is 0 Å². The normalized spacial score (nSPS) is 13.2. The van der Waals surface area contributed by atoms with Crippen molar-refractivity contribution in [3.63, 3.8) is 0 Å². The van der Waals surface area contributed by atoms with Gasteiger partial charge in [0.2, 0.25) is 0 Å². The molecule has 1 nitrogen and oxygen atoms in total. The summed E-state index contributed by atoms with van der Waals surface area (Å²) in [6, 6.07) is 5.77. The van der Waals surface area contributed by atoms with Gasteiger partial charge in [-0.2, -0.15) is 13.2 Å². The summed E-state index contributed by atoms with van der Waals surface area (Å²) in [4.78, 5) is 4.12. The van der Waals surface area contributed by atoms with Crippen LogP contribution in [0, 0.1) is 12.7 Å². The molecule has 0 N–H and O–H groups in total. The molecule has 0 amide bonds. The number of pyridine rings is 1. The van der Waals surface area contributed by atoms with Crippen LogP contribution in [-0.4, -0.2) is 4.98 Å². The van der Waals surface area contributed by atoms with Crippen LogP contribution in [0.1, 0.15) is 27.8 Å². The number of aromatic nitrogens is 1. The van der Waals surface area contributed by atoms with E-state index in [0.717, 1.165) is 17.7 Å². The van der Waals surface area contributed by atoms with Crippen molar-refractivity contribution < 1.29 is 17.6 Å². The highest BCUT2D eigenvalue weighted by Gasteiger charge is 2.31. The summed E-state index contributed by atoms with van der Waals surface area (Å²) in [5, 5.41) is -0.914. The maximum absolute atomic E-state index is 13.7. The van der Waals surface area contributed by atoms with Crippen molar-refractivity contribution in [3.8, 4) is 0 Å². The third kappa shape index (κ3) is 3.94. The Labute approximate surface area is 124 Å². The lowest BCUT2D eigenvalue weighted by Gasteiger charge is -2.14. The van der Waals surface area contributed by atoms with Crippen LogP contribution in [0.15, 0.2) is 36.5 Å². The fourth-order valence-corrected chi connectivity index (χ4v) is 2.20. The summed E-state index contributed by atoms with van der Waals surface area (Å²) >= 11 is 6.06. The van der Waals surface area contributed by atoms with Crippen molar-refractivity contribution in [3.05, 3.63) is 64.7 Å². The van der Waals surface area contributed by atoms with Gasteiger partial charge in [0.1, 0.15) is 5.82 Å². The summed E-state index contributed by atoms with van der Waals surface area (Å²) in [6.45, 7) is 1.86. The van der Waals surface area contributed by atoms with Gasteiger partial charge in [0.25, 0.3) is 0 Å². The molecule has 1 unspecified atom stereocenters. The largest absolute Gasteiger partial charge is 0.416 e. The van der Waals surface area contributed by atoms with Gasteiger partial charge < -0.3 is 0 Å². The number of alkyl halides is 4. The Hall–Kier alpha value is -1.62. The van der Waals surface area contributed by atoms with Gasteiger partial charge in [-0.1, -0.05) is 6.07 Å². The van der Waals surface area contributed by atoms with Gasteiger partial charge in [0, 0.05) is 23.9 Å². The minimum atomic E-state index is -4.53. The molecule has 0 spiro atoms. The minimum absolute atomic E-state index is 0.153. The molecule has 0 saturated carbocycles. The van der Waals surface area contributed by atoms with E-state index >= 15 is 0 Å². The quantitative estimate of drug-likeness (QED) is 0.569.